The second kappa shape index (κ2) is 11.9. The predicted molar refractivity (Wildman–Crippen MR) is 78.5 cm³/mol. The number of allylic oxidation sites excluding steroid dienone is 1. The molecule has 0 aromatic carbocycles. The van der Waals surface area contributed by atoms with Gasteiger partial charge in [0.05, 0.1) is 0 Å². The molecule has 0 radical (unpaired) electrons. The van der Waals surface area contributed by atoms with Crippen molar-refractivity contribution in [3.05, 3.63) is 11.8 Å². The summed E-state index contributed by atoms with van der Waals surface area (Å²) in [5.74, 6) is 0. The normalized spacial score (nSPS) is 12.4. The van der Waals surface area contributed by atoms with Crippen molar-refractivity contribution >= 4 is 8.80 Å². The van der Waals surface area contributed by atoms with E-state index in [4.69, 9.17) is 13.3 Å². The quantitative estimate of drug-likeness (QED) is 0.396. The summed E-state index contributed by atoms with van der Waals surface area (Å²) in [5.41, 5.74) is 2.02. The molecule has 0 aliphatic heterocycles. The first-order chi connectivity index (χ1) is 8.74. The van der Waals surface area contributed by atoms with Gasteiger partial charge in [-0.25, -0.2) is 0 Å². The average molecular weight is 274 g/mol. The summed E-state index contributed by atoms with van der Waals surface area (Å²) in [6.45, 7) is 5.13. The lowest BCUT2D eigenvalue weighted by Gasteiger charge is -2.23. The van der Waals surface area contributed by atoms with E-state index in [1.807, 2.05) is 5.70 Å². The van der Waals surface area contributed by atoms with Crippen LogP contribution in [0.1, 0.15) is 58.8 Å². The summed E-state index contributed by atoms with van der Waals surface area (Å²) in [6.07, 6.45) is 10.4. The molecule has 3 nitrogen and oxygen atoms in total. The van der Waals surface area contributed by atoms with Gasteiger partial charge in [0.15, 0.2) is 0 Å². The minimum absolute atomic E-state index is 0.728. The van der Waals surface area contributed by atoms with Crippen LogP contribution in [0.3, 0.4) is 0 Å². The molecule has 0 fully saturated rings. The molecule has 0 unspecified atom stereocenters. The van der Waals surface area contributed by atoms with Gasteiger partial charge in [-0.15, -0.1) is 0 Å². The third kappa shape index (κ3) is 8.03. The number of hydrogen-bond acceptors (Lipinski definition) is 3. The number of hydrogen-bond donors (Lipinski definition) is 0. The lowest BCUT2D eigenvalue weighted by atomic mass is 10.2. The molecule has 0 aromatic heterocycles. The molecule has 0 saturated carbocycles. The monoisotopic (exact) mass is 274 g/mol. The zero-order valence-electron chi connectivity index (χ0n) is 12.5. The van der Waals surface area contributed by atoms with Crippen LogP contribution in [0.25, 0.3) is 0 Å². The molecular weight excluding hydrogens is 244 g/mol. The van der Waals surface area contributed by atoms with E-state index in [9.17, 15) is 0 Å². The van der Waals surface area contributed by atoms with Crippen LogP contribution in [0, 0.1) is 0 Å². The summed E-state index contributed by atoms with van der Waals surface area (Å²) in [7, 11) is 0.811. The van der Waals surface area contributed by atoms with E-state index >= 15 is 0 Å². The van der Waals surface area contributed by atoms with E-state index in [-0.39, 0.29) is 0 Å². The number of rotatable bonds is 12. The predicted octanol–water partition coefficient (Wildman–Crippen LogP) is 4.10. The molecule has 0 aromatic rings. The SMILES string of the molecule is CCCCC=C[Si](OC)(OC)OCCCCCC. The first kappa shape index (κ1) is 17.8. The molecule has 0 aliphatic carbocycles. The van der Waals surface area contributed by atoms with Gasteiger partial charge in [-0.2, -0.15) is 0 Å². The van der Waals surface area contributed by atoms with Crippen molar-refractivity contribution in [2.45, 2.75) is 58.8 Å². The molecule has 0 aliphatic rings. The standard InChI is InChI=1S/C14H30O3Si/c1-5-7-9-11-13-17-18(15-3,16-4)14-12-10-8-6-2/h12,14H,5-11,13H2,1-4H3. The minimum atomic E-state index is -2.53. The van der Waals surface area contributed by atoms with Crippen LogP contribution in [0.5, 0.6) is 0 Å². The fourth-order valence-electron chi connectivity index (χ4n) is 1.68. The maximum Gasteiger partial charge on any atom is 0.528 e. The number of unbranched alkanes of at least 4 members (excludes halogenated alkanes) is 5. The van der Waals surface area contributed by atoms with Crippen LogP contribution in [-0.2, 0) is 13.3 Å². The molecule has 0 atom stereocenters. The third-order valence-corrected chi connectivity index (χ3v) is 5.31. The van der Waals surface area contributed by atoms with Crippen LogP contribution >= 0.6 is 0 Å². The van der Waals surface area contributed by atoms with Gasteiger partial charge in [-0.1, -0.05) is 52.0 Å². The van der Waals surface area contributed by atoms with Crippen LogP contribution < -0.4 is 0 Å². The minimum Gasteiger partial charge on any atom is -0.374 e. The van der Waals surface area contributed by atoms with Gasteiger partial charge in [0.25, 0.3) is 0 Å². The average Bonchev–Trinajstić information content (AvgIpc) is 2.41. The van der Waals surface area contributed by atoms with E-state index in [0.717, 1.165) is 19.4 Å². The van der Waals surface area contributed by atoms with Gasteiger partial charge in [0, 0.05) is 20.8 Å². The van der Waals surface area contributed by atoms with Gasteiger partial charge in [0.1, 0.15) is 0 Å². The van der Waals surface area contributed by atoms with Crippen molar-refractivity contribution in [3.63, 3.8) is 0 Å². The van der Waals surface area contributed by atoms with Crippen molar-refractivity contribution in [1.29, 1.82) is 0 Å². The Labute approximate surface area is 114 Å². The highest BCUT2D eigenvalue weighted by molar-refractivity contribution is 6.66. The van der Waals surface area contributed by atoms with E-state index in [2.05, 4.69) is 19.9 Å². The molecule has 0 N–H and O–H groups in total. The van der Waals surface area contributed by atoms with Gasteiger partial charge < -0.3 is 13.3 Å². The second-order valence-corrected chi connectivity index (χ2v) is 7.11. The van der Waals surface area contributed by atoms with Crippen molar-refractivity contribution in [2.24, 2.45) is 0 Å². The summed E-state index contributed by atoms with van der Waals surface area (Å²) < 4.78 is 16.8. The summed E-state index contributed by atoms with van der Waals surface area (Å²) in [5, 5.41) is 0. The summed E-state index contributed by atoms with van der Waals surface area (Å²) in [6, 6.07) is 0. The lowest BCUT2D eigenvalue weighted by Crippen LogP contribution is -2.42. The first-order valence-electron chi connectivity index (χ1n) is 7.16. The van der Waals surface area contributed by atoms with Gasteiger partial charge >= 0.3 is 8.80 Å². The fraction of sp³-hybridized carbons (Fsp3) is 0.857. The smallest absolute Gasteiger partial charge is 0.374 e. The molecule has 0 heterocycles. The highest BCUT2D eigenvalue weighted by atomic mass is 28.4. The molecule has 0 amide bonds. The highest BCUT2D eigenvalue weighted by Gasteiger charge is 2.35. The fourth-order valence-corrected chi connectivity index (χ4v) is 3.33. The van der Waals surface area contributed by atoms with E-state index < -0.39 is 8.80 Å². The highest BCUT2D eigenvalue weighted by Crippen LogP contribution is 2.12. The Bertz CT molecular complexity index is 203. The Balaban J connectivity index is 4.04. The van der Waals surface area contributed by atoms with Crippen LogP contribution in [0.2, 0.25) is 0 Å². The van der Waals surface area contributed by atoms with Crippen molar-refractivity contribution < 1.29 is 13.3 Å². The maximum absolute atomic E-state index is 5.86. The van der Waals surface area contributed by atoms with Gasteiger partial charge in [-0.3, -0.25) is 0 Å². The Morgan fingerprint density at radius 1 is 0.889 bits per heavy atom. The largest absolute Gasteiger partial charge is 0.528 e. The van der Waals surface area contributed by atoms with Crippen LogP contribution in [0.15, 0.2) is 11.8 Å². The summed E-state index contributed by atoms with van der Waals surface area (Å²) in [4.78, 5) is 0. The molecule has 4 heteroatoms. The Hall–Kier alpha value is -0.163. The van der Waals surface area contributed by atoms with E-state index in [1.54, 1.807) is 14.2 Å². The van der Waals surface area contributed by atoms with Gasteiger partial charge in [0.2, 0.25) is 0 Å². The maximum atomic E-state index is 5.86. The molecule has 0 bridgehead atoms. The van der Waals surface area contributed by atoms with Crippen molar-refractivity contribution in [2.75, 3.05) is 20.8 Å². The Morgan fingerprint density at radius 3 is 2.11 bits per heavy atom. The molecule has 0 spiro atoms. The van der Waals surface area contributed by atoms with E-state index in [0.29, 0.717) is 0 Å². The van der Waals surface area contributed by atoms with Gasteiger partial charge in [-0.05, 0) is 18.5 Å². The van der Waals surface area contributed by atoms with Crippen molar-refractivity contribution in [3.8, 4) is 0 Å². The molecule has 108 valence electrons. The zero-order valence-corrected chi connectivity index (χ0v) is 13.5. The lowest BCUT2D eigenvalue weighted by molar-refractivity contribution is 0.110. The molecule has 18 heavy (non-hydrogen) atoms. The van der Waals surface area contributed by atoms with Crippen molar-refractivity contribution in [1.82, 2.24) is 0 Å². The first-order valence-corrected chi connectivity index (χ1v) is 8.96. The molecule has 0 saturated heterocycles. The Morgan fingerprint density at radius 2 is 1.56 bits per heavy atom. The molecular formula is C14H30O3Si. The van der Waals surface area contributed by atoms with Crippen LogP contribution in [-0.4, -0.2) is 29.6 Å². The van der Waals surface area contributed by atoms with Crippen LogP contribution in [0.4, 0.5) is 0 Å². The Kier molecular flexibility index (Phi) is 11.8. The topological polar surface area (TPSA) is 27.7 Å². The zero-order chi connectivity index (χ0) is 13.7. The van der Waals surface area contributed by atoms with E-state index in [1.165, 1.54) is 32.1 Å². The summed E-state index contributed by atoms with van der Waals surface area (Å²) >= 11 is 0. The molecule has 0 rings (SSSR count). The second-order valence-electron chi connectivity index (χ2n) is 4.47. The third-order valence-electron chi connectivity index (χ3n) is 2.92.